The molecule has 2 N–H and O–H groups in total. The molecule has 14 heavy (non-hydrogen) atoms. The van der Waals surface area contributed by atoms with Crippen molar-refractivity contribution in [2.75, 3.05) is 7.11 Å². The van der Waals surface area contributed by atoms with Gasteiger partial charge in [-0.3, -0.25) is 0 Å². The first-order valence-corrected chi connectivity index (χ1v) is 4.79. The first-order chi connectivity index (χ1) is 6.61. The third kappa shape index (κ3) is 2.05. The molecule has 0 aromatic heterocycles. The monoisotopic (exact) mass is 263 g/mol. The van der Waals surface area contributed by atoms with Crippen LogP contribution in [-0.4, -0.2) is 12.3 Å². The third-order valence-corrected chi connectivity index (χ3v) is 2.77. The van der Waals surface area contributed by atoms with E-state index < -0.39 is 0 Å². The first kappa shape index (κ1) is 11.4. The van der Waals surface area contributed by atoms with Crippen molar-refractivity contribution in [3.63, 3.8) is 0 Å². The van der Waals surface area contributed by atoms with Gasteiger partial charge in [0, 0.05) is 5.56 Å². The van der Waals surface area contributed by atoms with Gasteiger partial charge in [-0.1, -0.05) is 0 Å². The van der Waals surface area contributed by atoms with Crippen LogP contribution >= 0.6 is 15.9 Å². The van der Waals surface area contributed by atoms with Gasteiger partial charge in [0.25, 0.3) is 0 Å². The van der Waals surface area contributed by atoms with Crippen LogP contribution in [0.4, 0.5) is 4.39 Å². The highest BCUT2D eigenvalue weighted by Crippen LogP contribution is 2.32. The lowest BCUT2D eigenvalue weighted by Crippen LogP contribution is -2.09. The summed E-state index contributed by atoms with van der Waals surface area (Å²) < 4.78 is 18.7. The molecule has 0 unspecified atom stereocenters. The fourth-order valence-electron chi connectivity index (χ4n) is 1.32. The molecule has 0 bridgehead atoms. The maximum atomic E-state index is 13.3. The SMILES string of the molecule is COc1c(C)cc(F)c(Br)c1CNO. The summed E-state index contributed by atoms with van der Waals surface area (Å²) in [6.07, 6.45) is 0. The van der Waals surface area contributed by atoms with E-state index in [2.05, 4.69) is 15.9 Å². The van der Waals surface area contributed by atoms with Gasteiger partial charge in [-0.15, -0.1) is 0 Å². The Balaban J connectivity index is 3.32. The van der Waals surface area contributed by atoms with Gasteiger partial charge in [-0.2, -0.15) is 0 Å². The minimum atomic E-state index is -0.367. The summed E-state index contributed by atoms with van der Waals surface area (Å²) in [6, 6.07) is 1.38. The van der Waals surface area contributed by atoms with Crippen LogP contribution in [0.3, 0.4) is 0 Å². The smallest absolute Gasteiger partial charge is 0.138 e. The lowest BCUT2D eigenvalue weighted by atomic mass is 10.1. The average Bonchev–Trinajstić information content (AvgIpc) is 2.14. The number of ether oxygens (including phenoxy) is 1. The summed E-state index contributed by atoms with van der Waals surface area (Å²) in [5, 5.41) is 8.60. The van der Waals surface area contributed by atoms with E-state index in [1.807, 2.05) is 5.48 Å². The standard InChI is InChI=1S/C9H11BrFNO2/c1-5-3-7(11)8(10)6(4-12-13)9(5)14-2/h3,12-13H,4H2,1-2H3. The number of hydrogen-bond acceptors (Lipinski definition) is 3. The van der Waals surface area contributed by atoms with Crippen LogP contribution in [0.25, 0.3) is 0 Å². The van der Waals surface area contributed by atoms with Gasteiger partial charge >= 0.3 is 0 Å². The molecule has 5 heteroatoms. The Labute approximate surface area is 90.0 Å². The molecule has 1 rings (SSSR count). The largest absolute Gasteiger partial charge is 0.496 e. The van der Waals surface area contributed by atoms with Gasteiger partial charge in [0.15, 0.2) is 0 Å². The molecule has 78 valence electrons. The fourth-order valence-corrected chi connectivity index (χ4v) is 1.76. The normalized spacial score (nSPS) is 10.4. The Kier molecular flexibility index (Phi) is 3.86. The zero-order valence-electron chi connectivity index (χ0n) is 7.90. The van der Waals surface area contributed by atoms with Gasteiger partial charge in [-0.05, 0) is 34.5 Å². The van der Waals surface area contributed by atoms with E-state index >= 15 is 0 Å². The van der Waals surface area contributed by atoms with Gasteiger partial charge in [0.2, 0.25) is 0 Å². The van der Waals surface area contributed by atoms with Gasteiger partial charge in [0.1, 0.15) is 11.6 Å². The second-order valence-electron chi connectivity index (χ2n) is 2.84. The van der Waals surface area contributed by atoms with E-state index in [1.165, 1.54) is 13.2 Å². The molecule has 0 saturated carbocycles. The Morgan fingerprint density at radius 2 is 2.29 bits per heavy atom. The van der Waals surface area contributed by atoms with Crippen LogP contribution in [0.5, 0.6) is 5.75 Å². The number of hydrogen-bond donors (Lipinski definition) is 2. The number of aryl methyl sites for hydroxylation is 1. The van der Waals surface area contributed by atoms with Crippen LogP contribution in [-0.2, 0) is 6.54 Å². The molecule has 3 nitrogen and oxygen atoms in total. The summed E-state index contributed by atoms with van der Waals surface area (Å²) in [5.41, 5.74) is 3.23. The van der Waals surface area contributed by atoms with Crippen molar-refractivity contribution in [2.24, 2.45) is 0 Å². The van der Waals surface area contributed by atoms with Crippen molar-refractivity contribution in [1.29, 1.82) is 0 Å². The van der Waals surface area contributed by atoms with E-state index in [1.54, 1.807) is 6.92 Å². The molecule has 0 aliphatic heterocycles. The average molecular weight is 264 g/mol. The molecule has 0 aliphatic carbocycles. The Hall–Kier alpha value is -0.650. The predicted octanol–water partition coefficient (Wildman–Crippen LogP) is 2.38. The first-order valence-electron chi connectivity index (χ1n) is 4.00. The number of methoxy groups -OCH3 is 1. The molecule has 0 spiro atoms. The molecule has 0 radical (unpaired) electrons. The van der Waals surface area contributed by atoms with E-state index in [9.17, 15) is 4.39 Å². The molecule has 0 heterocycles. The number of hydroxylamine groups is 1. The van der Waals surface area contributed by atoms with Crippen molar-refractivity contribution < 1.29 is 14.3 Å². The zero-order valence-corrected chi connectivity index (χ0v) is 9.48. The van der Waals surface area contributed by atoms with Crippen molar-refractivity contribution in [1.82, 2.24) is 5.48 Å². The Morgan fingerprint density at radius 1 is 1.64 bits per heavy atom. The molecule has 0 atom stereocenters. The van der Waals surface area contributed by atoms with Crippen LogP contribution in [0.1, 0.15) is 11.1 Å². The molecular weight excluding hydrogens is 253 g/mol. The summed E-state index contributed by atoms with van der Waals surface area (Å²) in [7, 11) is 1.51. The second kappa shape index (κ2) is 4.72. The van der Waals surface area contributed by atoms with Crippen LogP contribution < -0.4 is 10.2 Å². The van der Waals surface area contributed by atoms with Gasteiger partial charge in [-0.25, -0.2) is 9.87 Å². The molecule has 1 aromatic rings. The number of benzene rings is 1. The summed E-state index contributed by atoms with van der Waals surface area (Å²) in [5.74, 6) is 0.202. The lowest BCUT2D eigenvalue weighted by Gasteiger charge is -2.13. The fraction of sp³-hybridized carbons (Fsp3) is 0.333. The van der Waals surface area contributed by atoms with E-state index in [-0.39, 0.29) is 12.4 Å². The van der Waals surface area contributed by atoms with E-state index in [0.717, 1.165) is 0 Å². The van der Waals surface area contributed by atoms with Crippen molar-refractivity contribution >= 4 is 15.9 Å². The molecule has 0 saturated heterocycles. The number of halogens is 2. The highest BCUT2D eigenvalue weighted by atomic mass is 79.9. The quantitative estimate of drug-likeness (QED) is 0.823. The number of rotatable bonds is 3. The van der Waals surface area contributed by atoms with Crippen LogP contribution in [0.15, 0.2) is 10.5 Å². The Morgan fingerprint density at radius 3 is 2.79 bits per heavy atom. The predicted molar refractivity (Wildman–Crippen MR) is 54.0 cm³/mol. The molecule has 0 aliphatic rings. The third-order valence-electron chi connectivity index (χ3n) is 1.91. The Bertz CT molecular complexity index is 344. The van der Waals surface area contributed by atoms with Crippen molar-refractivity contribution in [3.8, 4) is 5.75 Å². The van der Waals surface area contributed by atoms with Gasteiger partial charge in [0.05, 0.1) is 18.1 Å². The van der Waals surface area contributed by atoms with Crippen LogP contribution in [0, 0.1) is 12.7 Å². The second-order valence-corrected chi connectivity index (χ2v) is 3.63. The molecular formula is C9H11BrFNO2. The zero-order chi connectivity index (χ0) is 10.7. The molecule has 1 aromatic carbocycles. The van der Waals surface area contributed by atoms with Crippen molar-refractivity contribution in [2.45, 2.75) is 13.5 Å². The van der Waals surface area contributed by atoms with Crippen LogP contribution in [0.2, 0.25) is 0 Å². The van der Waals surface area contributed by atoms with E-state index in [4.69, 9.17) is 9.94 Å². The van der Waals surface area contributed by atoms with Gasteiger partial charge < -0.3 is 9.94 Å². The summed E-state index contributed by atoms with van der Waals surface area (Å²) in [4.78, 5) is 0. The minimum absolute atomic E-state index is 0.127. The highest BCUT2D eigenvalue weighted by Gasteiger charge is 2.14. The maximum absolute atomic E-state index is 13.3. The topological polar surface area (TPSA) is 41.5 Å². The number of nitrogens with one attached hydrogen (secondary N) is 1. The lowest BCUT2D eigenvalue weighted by molar-refractivity contribution is 0.159. The summed E-state index contributed by atoms with van der Waals surface area (Å²) in [6.45, 7) is 1.87. The molecule has 0 amide bonds. The summed E-state index contributed by atoms with van der Waals surface area (Å²) >= 11 is 3.10. The highest BCUT2D eigenvalue weighted by molar-refractivity contribution is 9.10. The minimum Gasteiger partial charge on any atom is -0.496 e. The molecule has 0 fully saturated rings. The van der Waals surface area contributed by atoms with Crippen molar-refractivity contribution in [3.05, 3.63) is 27.5 Å². The van der Waals surface area contributed by atoms with E-state index in [0.29, 0.717) is 21.3 Å². The maximum Gasteiger partial charge on any atom is 0.138 e.